The number of unbranched alkanes of at least 4 members (excludes halogenated alkanes) is 18. The molecule has 0 saturated carbocycles. The van der Waals surface area contributed by atoms with Crippen molar-refractivity contribution in [3.05, 3.63) is 0 Å². The molecule has 4 nitrogen and oxygen atoms in total. The number of amides is 2. The van der Waals surface area contributed by atoms with Crippen molar-refractivity contribution < 1.29 is 14.1 Å². The van der Waals surface area contributed by atoms with Gasteiger partial charge in [-0.2, -0.15) is 0 Å². The maximum absolute atomic E-state index is 12.9. The van der Waals surface area contributed by atoms with Gasteiger partial charge in [0, 0.05) is 6.42 Å². The summed E-state index contributed by atoms with van der Waals surface area (Å²) < 4.78 is 0.893. The first-order valence-electron chi connectivity index (χ1n) is 16.2. The number of hydrogen-bond acceptors (Lipinski definition) is 3. The van der Waals surface area contributed by atoms with Gasteiger partial charge in [0.15, 0.2) is 0 Å². The lowest BCUT2D eigenvalue weighted by Crippen LogP contribution is -2.47. The Morgan fingerprint density at radius 2 is 1.08 bits per heavy atom. The quantitative estimate of drug-likeness (QED) is 0.0626. The van der Waals surface area contributed by atoms with Gasteiger partial charge in [0.1, 0.15) is 0 Å². The third kappa shape index (κ3) is 17.6. The van der Waals surface area contributed by atoms with Crippen LogP contribution in [0, 0.1) is 0 Å². The van der Waals surface area contributed by atoms with Gasteiger partial charge in [-0.1, -0.05) is 123 Å². The van der Waals surface area contributed by atoms with Gasteiger partial charge in [-0.05, 0) is 25.0 Å². The normalized spacial score (nSPS) is 16.3. The number of hydrogen-bond donors (Lipinski definition) is 0. The number of quaternary nitrogens is 1. The van der Waals surface area contributed by atoms with Gasteiger partial charge in [-0.25, -0.2) is 0 Å². The summed E-state index contributed by atoms with van der Waals surface area (Å²) in [5, 5.41) is -0.136. The number of imide groups is 1. The van der Waals surface area contributed by atoms with Crippen molar-refractivity contribution in [1.29, 1.82) is 0 Å². The van der Waals surface area contributed by atoms with E-state index in [4.69, 9.17) is 0 Å². The molecule has 1 aliphatic heterocycles. The van der Waals surface area contributed by atoms with Crippen molar-refractivity contribution in [2.75, 3.05) is 39.5 Å². The molecule has 1 aliphatic rings. The zero-order chi connectivity index (χ0) is 27.2. The Morgan fingerprint density at radius 1 is 0.649 bits per heavy atom. The minimum atomic E-state index is -0.136. The zero-order valence-corrected chi connectivity index (χ0v) is 26.2. The van der Waals surface area contributed by atoms with E-state index in [9.17, 15) is 9.59 Å². The fourth-order valence-corrected chi connectivity index (χ4v) is 6.53. The molecular weight excluding hydrogens is 476 g/mol. The van der Waals surface area contributed by atoms with Crippen LogP contribution in [0.4, 0.5) is 0 Å². The number of nitrogens with zero attached hydrogens (tertiary/aromatic N) is 2. The largest absolute Gasteiger partial charge is 0.327 e. The molecule has 0 aromatic heterocycles. The SMILES string of the molecule is CCCCCCCCCCCCSC1CC(=O)N(CC[N+](C)(C)CCCCCCCCCCCC)C1=O. The maximum Gasteiger partial charge on any atom is 0.243 e. The molecule has 218 valence electrons. The van der Waals surface area contributed by atoms with Gasteiger partial charge in [-0.15, -0.1) is 11.8 Å². The van der Waals surface area contributed by atoms with Gasteiger partial charge in [0.05, 0.1) is 39.0 Å². The summed E-state index contributed by atoms with van der Waals surface area (Å²) in [6, 6.07) is 0. The fraction of sp³-hybridized carbons (Fsp3) is 0.938. The lowest BCUT2D eigenvalue weighted by molar-refractivity contribution is -0.889. The third-order valence-corrected chi connectivity index (χ3v) is 9.36. The van der Waals surface area contributed by atoms with Crippen LogP contribution >= 0.6 is 11.8 Å². The van der Waals surface area contributed by atoms with Crippen LogP contribution in [0.5, 0.6) is 0 Å². The lowest BCUT2D eigenvalue weighted by atomic mass is 10.1. The molecule has 1 saturated heterocycles. The van der Waals surface area contributed by atoms with E-state index >= 15 is 0 Å². The Hall–Kier alpha value is -0.550. The molecule has 5 heteroatoms. The van der Waals surface area contributed by atoms with Crippen molar-refractivity contribution in [1.82, 2.24) is 4.90 Å². The number of likely N-dealkylation sites (N-methyl/N-ethyl adjacent to an activating group) is 1. The number of carbonyl (C=O) groups excluding carboxylic acids is 2. The van der Waals surface area contributed by atoms with Crippen LogP contribution in [-0.4, -0.2) is 65.9 Å². The predicted molar refractivity (Wildman–Crippen MR) is 163 cm³/mol. The van der Waals surface area contributed by atoms with Gasteiger partial charge < -0.3 is 4.48 Å². The minimum absolute atomic E-state index is 0.0458. The van der Waals surface area contributed by atoms with E-state index in [-0.39, 0.29) is 17.1 Å². The highest BCUT2D eigenvalue weighted by Crippen LogP contribution is 2.26. The summed E-state index contributed by atoms with van der Waals surface area (Å²) in [7, 11) is 4.49. The molecule has 0 spiro atoms. The first-order valence-corrected chi connectivity index (χ1v) is 17.2. The average molecular weight is 540 g/mol. The van der Waals surface area contributed by atoms with Crippen LogP contribution in [-0.2, 0) is 9.59 Å². The predicted octanol–water partition coefficient (Wildman–Crippen LogP) is 8.77. The van der Waals surface area contributed by atoms with Crippen LogP contribution in [0.25, 0.3) is 0 Å². The topological polar surface area (TPSA) is 37.4 Å². The second-order valence-electron chi connectivity index (χ2n) is 12.2. The molecule has 0 radical (unpaired) electrons. The van der Waals surface area contributed by atoms with Crippen LogP contribution in [0.1, 0.15) is 149 Å². The summed E-state index contributed by atoms with van der Waals surface area (Å²) in [5.41, 5.74) is 0. The summed E-state index contributed by atoms with van der Waals surface area (Å²) in [6.07, 6.45) is 27.3. The molecule has 2 amide bonds. The van der Waals surface area contributed by atoms with E-state index in [2.05, 4.69) is 27.9 Å². The molecule has 37 heavy (non-hydrogen) atoms. The Bertz CT molecular complexity index is 581. The van der Waals surface area contributed by atoms with Gasteiger partial charge in [-0.3, -0.25) is 14.5 Å². The highest BCUT2D eigenvalue weighted by Gasteiger charge is 2.39. The van der Waals surface area contributed by atoms with Crippen molar-refractivity contribution in [3.8, 4) is 0 Å². The van der Waals surface area contributed by atoms with Crippen LogP contribution in [0.3, 0.4) is 0 Å². The molecule has 0 bridgehead atoms. The van der Waals surface area contributed by atoms with E-state index in [1.165, 1.54) is 128 Å². The molecule has 1 fully saturated rings. The monoisotopic (exact) mass is 539 g/mol. The van der Waals surface area contributed by atoms with Crippen molar-refractivity contribution in [3.63, 3.8) is 0 Å². The Labute approximate surface area is 235 Å². The van der Waals surface area contributed by atoms with Crippen LogP contribution in [0.15, 0.2) is 0 Å². The molecule has 0 aromatic rings. The molecule has 0 aliphatic carbocycles. The Morgan fingerprint density at radius 3 is 1.57 bits per heavy atom. The summed E-state index contributed by atoms with van der Waals surface area (Å²) in [6.45, 7) is 7.12. The summed E-state index contributed by atoms with van der Waals surface area (Å²) >= 11 is 1.72. The minimum Gasteiger partial charge on any atom is -0.327 e. The van der Waals surface area contributed by atoms with Gasteiger partial charge in [0.25, 0.3) is 0 Å². The number of likely N-dealkylation sites (tertiary alicyclic amines) is 1. The van der Waals surface area contributed by atoms with E-state index in [1.54, 1.807) is 16.7 Å². The van der Waals surface area contributed by atoms with Gasteiger partial charge >= 0.3 is 0 Å². The molecule has 0 N–H and O–H groups in total. The summed E-state index contributed by atoms with van der Waals surface area (Å²) in [5.74, 6) is 1.12. The van der Waals surface area contributed by atoms with Crippen LogP contribution < -0.4 is 0 Å². The number of rotatable bonds is 26. The van der Waals surface area contributed by atoms with Gasteiger partial charge in [0.2, 0.25) is 11.8 Å². The zero-order valence-electron chi connectivity index (χ0n) is 25.4. The molecule has 1 rings (SSSR count). The number of carbonyl (C=O) groups is 2. The highest BCUT2D eigenvalue weighted by molar-refractivity contribution is 8.00. The standard InChI is InChI=1S/C32H63N2O2S/c1-5-7-9-11-13-15-17-19-21-23-26-34(3,4)27-25-33-31(35)29-30(32(33)36)37-28-24-22-20-18-16-14-12-10-8-6-2/h30H,5-29H2,1-4H3/q+1. The Kier molecular flexibility index (Phi) is 20.8. The molecule has 1 unspecified atom stereocenters. The second-order valence-corrected chi connectivity index (χ2v) is 13.5. The first-order chi connectivity index (χ1) is 17.9. The first kappa shape index (κ1) is 34.5. The van der Waals surface area contributed by atoms with E-state index in [1.807, 2.05) is 0 Å². The smallest absolute Gasteiger partial charge is 0.243 e. The second kappa shape index (κ2) is 22.3. The van der Waals surface area contributed by atoms with Crippen molar-refractivity contribution >= 4 is 23.6 Å². The lowest BCUT2D eigenvalue weighted by Gasteiger charge is -2.31. The number of thioether (sulfide) groups is 1. The highest BCUT2D eigenvalue weighted by atomic mass is 32.2. The van der Waals surface area contributed by atoms with E-state index in [0.717, 1.165) is 23.3 Å². The van der Waals surface area contributed by atoms with Crippen molar-refractivity contribution in [2.45, 2.75) is 154 Å². The third-order valence-electron chi connectivity index (χ3n) is 8.07. The maximum atomic E-state index is 12.9. The van der Waals surface area contributed by atoms with E-state index < -0.39 is 0 Å². The molecule has 0 aromatic carbocycles. The molecular formula is C32H63N2O2S+. The van der Waals surface area contributed by atoms with Crippen LogP contribution in [0.2, 0.25) is 0 Å². The fourth-order valence-electron chi connectivity index (χ4n) is 5.34. The van der Waals surface area contributed by atoms with E-state index in [0.29, 0.717) is 13.0 Å². The molecule has 1 heterocycles. The Balaban J connectivity index is 2.08. The molecule has 1 atom stereocenters. The van der Waals surface area contributed by atoms with Crippen molar-refractivity contribution in [2.24, 2.45) is 0 Å². The average Bonchev–Trinajstić information content (AvgIpc) is 3.14. The summed E-state index contributed by atoms with van der Waals surface area (Å²) in [4.78, 5) is 27.0.